The molecule has 0 heterocycles. The zero-order chi connectivity index (χ0) is 19.5. The standard InChI is InChI=1S/C21H43NO4/c1-3-4-5-6-7-8-9-10-11-12-13-14-17-26-21(25)15-16-22-20(18-23)19(2)24/h19-20,22-24H,3-18H2,1-2H3/t19-,20-/m0/s1. The highest BCUT2D eigenvalue weighted by Gasteiger charge is 2.13. The summed E-state index contributed by atoms with van der Waals surface area (Å²) >= 11 is 0. The molecule has 0 radical (unpaired) electrons. The van der Waals surface area contributed by atoms with Crippen LogP contribution >= 0.6 is 0 Å². The molecule has 0 spiro atoms. The van der Waals surface area contributed by atoms with Crippen LogP contribution in [-0.4, -0.2) is 48.1 Å². The molecule has 0 bridgehead atoms. The quantitative estimate of drug-likeness (QED) is 0.236. The fourth-order valence-corrected chi connectivity index (χ4v) is 2.95. The monoisotopic (exact) mass is 373 g/mol. The van der Waals surface area contributed by atoms with Crippen LogP contribution in [0.2, 0.25) is 0 Å². The smallest absolute Gasteiger partial charge is 0.307 e. The van der Waals surface area contributed by atoms with Gasteiger partial charge in [-0.15, -0.1) is 0 Å². The Labute approximate surface area is 160 Å². The van der Waals surface area contributed by atoms with Gasteiger partial charge in [0, 0.05) is 6.54 Å². The number of hydrogen-bond acceptors (Lipinski definition) is 5. The Hall–Kier alpha value is -0.650. The van der Waals surface area contributed by atoms with Gasteiger partial charge in [0.2, 0.25) is 0 Å². The molecule has 0 saturated heterocycles. The van der Waals surface area contributed by atoms with Crippen molar-refractivity contribution >= 4 is 5.97 Å². The second-order valence-electron chi connectivity index (χ2n) is 7.34. The summed E-state index contributed by atoms with van der Waals surface area (Å²) < 4.78 is 5.21. The van der Waals surface area contributed by atoms with E-state index >= 15 is 0 Å². The first-order valence-electron chi connectivity index (χ1n) is 10.8. The molecule has 0 aliphatic rings. The van der Waals surface area contributed by atoms with E-state index in [0.29, 0.717) is 13.2 Å². The summed E-state index contributed by atoms with van der Waals surface area (Å²) in [6.45, 7) is 4.62. The van der Waals surface area contributed by atoms with Crippen LogP contribution in [0.15, 0.2) is 0 Å². The van der Waals surface area contributed by atoms with Crippen molar-refractivity contribution in [3.8, 4) is 0 Å². The number of carbonyl (C=O) groups excluding carboxylic acids is 1. The van der Waals surface area contributed by atoms with Gasteiger partial charge in [0.15, 0.2) is 0 Å². The third kappa shape index (κ3) is 16.8. The van der Waals surface area contributed by atoms with Crippen molar-refractivity contribution in [1.29, 1.82) is 0 Å². The molecule has 0 aromatic heterocycles. The topological polar surface area (TPSA) is 78.8 Å². The van der Waals surface area contributed by atoms with Crippen LogP contribution in [0.5, 0.6) is 0 Å². The number of ether oxygens (including phenoxy) is 1. The van der Waals surface area contributed by atoms with Crippen molar-refractivity contribution in [3.63, 3.8) is 0 Å². The minimum Gasteiger partial charge on any atom is -0.466 e. The lowest BCUT2D eigenvalue weighted by Gasteiger charge is -2.18. The number of hydrogen-bond donors (Lipinski definition) is 3. The molecule has 2 atom stereocenters. The van der Waals surface area contributed by atoms with Gasteiger partial charge in [-0.05, 0) is 13.3 Å². The average Bonchev–Trinajstić information content (AvgIpc) is 2.62. The van der Waals surface area contributed by atoms with Crippen molar-refractivity contribution in [2.75, 3.05) is 19.8 Å². The molecule has 0 aromatic carbocycles. The minimum absolute atomic E-state index is 0.147. The van der Waals surface area contributed by atoms with Crippen LogP contribution in [0, 0.1) is 0 Å². The van der Waals surface area contributed by atoms with E-state index in [1.165, 1.54) is 64.2 Å². The van der Waals surface area contributed by atoms with Crippen LogP contribution < -0.4 is 5.32 Å². The summed E-state index contributed by atoms with van der Waals surface area (Å²) in [7, 11) is 0. The second kappa shape index (κ2) is 19.1. The number of esters is 1. The maximum absolute atomic E-state index is 11.6. The van der Waals surface area contributed by atoms with Gasteiger partial charge in [0.25, 0.3) is 0 Å². The molecule has 0 aliphatic carbocycles. The van der Waals surface area contributed by atoms with Crippen LogP contribution in [0.25, 0.3) is 0 Å². The molecule has 0 aromatic rings. The SMILES string of the molecule is CCCCCCCCCCCCCCOC(=O)CCN[C@@H](CO)[C@H](C)O. The largest absolute Gasteiger partial charge is 0.466 e. The normalized spacial score (nSPS) is 13.5. The molecule has 3 N–H and O–H groups in total. The molecule has 0 fully saturated rings. The van der Waals surface area contributed by atoms with Crippen LogP contribution in [-0.2, 0) is 9.53 Å². The van der Waals surface area contributed by atoms with E-state index in [9.17, 15) is 9.90 Å². The Morgan fingerprint density at radius 3 is 1.88 bits per heavy atom. The first-order valence-corrected chi connectivity index (χ1v) is 10.8. The van der Waals surface area contributed by atoms with Crippen molar-refractivity contribution < 1.29 is 19.7 Å². The molecule has 0 aliphatic heterocycles. The molecule has 0 saturated carbocycles. The van der Waals surface area contributed by atoms with Gasteiger partial charge in [-0.1, -0.05) is 77.6 Å². The predicted molar refractivity (Wildman–Crippen MR) is 107 cm³/mol. The number of aliphatic hydroxyl groups is 2. The van der Waals surface area contributed by atoms with E-state index in [1.807, 2.05) is 0 Å². The molecular formula is C21H43NO4. The molecule has 5 nitrogen and oxygen atoms in total. The molecule has 0 rings (SSSR count). The molecule has 26 heavy (non-hydrogen) atoms. The van der Waals surface area contributed by atoms with Crippen molar-refractivity contribution in [1.82, 2.24) is 5.32 Å². The number of nitrogens with one attached hydrogen (secondary N) is 1. The lowest BCUT2D eigenvalue weighted by Crippen LogP contribution is -2.42. The van der Waals surface area contributed by atoms with E-state index < -0.39 is 6.10 Å². The summed E-state index contributed by atoms with van der Waals surface area (Å²) in [6.07, 6.45) is 15.1. The minimum atomic E-state index is -0.642. The summed E-state index contributed by atoms with van der Waals surface area (Å²) in [5.41, 5.74) is 0. The maximum atomic E-state index is 11.6. The lowest BCUT2D eigenvalue weighted by molar-refractivity contribution is -0.143. The van der Waals surface area contributed by atoms with Crippen molar-refractivity contribution in [2.24, 2.45) is 0 Å². The van der Waals surface area contributed by atoms with Crippen molar-refractivity contribution in [2.45, 2.75) is 109 Å². The molecule has 0 unspecified atom stereocenters. The Balaban J connectivity index is 3.28. The van der Waals surface area contributed by atoms with E-state index in [2.05, 4.69) is 12.2 Å². The average molecular weight is 374 g/mol. The van der Waals surface area contributed by atoms with Gasteiger partial charge in [-0.25, -0.2) is 0 Å². The molecule has 5 heteroatoms. The van der Waals surface area contributed by atoms with E-state index in [4.69, 9.17) is 9.84 Å². The number of rotatable bonds is 19. The molecular weight excluding hydrogens is 330 g/mol. The van der Waals surface area contributed by atoms with E-state index in [0.717, 1.165) is 12.8 Å². The van der Waals surface area contributed by atoms with Gasteiger partial charge in [-0.2, -0.15) is 0 Å². The van der Waals surface area contributed by atoms with Crippen LogP contribution in [0.4, 0.5) is 0 Å². The zero-order valence-electron chi connectivity index (χ0n) is 17.2. The highest BCUT2D eigenvalue weighted by molar-refractivity contribution is 5.69. The first kappa shape index (κ1) is 25.4. The van der Waals surface area contributed by atoms with Gasteiger partial charge in [-0.3, -0.25) is 4.79 Å². The summed E-state index contributed by atoms with van der Waals surface area (Å²) in [4.78, 5) is 11.6. The Bertz CT molecular complexity index is 310. The van der Waals surface area contributed by atoms with Gasteiger partial charge in [0.05, 0.1) is 31.8 Å². The Kier molecular flexibility index (Phi) is 18.6. The van der Waals surface area contributed by atoms with Gasteiger partial charge < -0.3 is 20.3 Å². The summed E-state index contributed by atoms with van der Waals surface area (Å²) in [6, 6.07) is -0.390. The summed E-state index contributed by atoms with van der Waals surface area (Å²) in [5, 5.41) is 21.4. The zero-order valence-corrected chi connectivity index (χ0v) is 17.2. The van der Waals surface area contributed by atoms with Crippen LogP contribution in [0.1, 0.15) is 97.3 Å². The maximum Gasteiger partial charge on any atom is 0.307 e. The highest BCUT2D eigenvalue weighted by Crippen LogP contribution is 2.11. The van der Waals surface area contributed by atoms with E-state index in [1.54, 1.807) is 6.92 Å². The highest BCUT2D eigenvalue weighted by atomic mass is 16.5. The fourth-order valence-electron chi connectivity index (χ4n) is 2.95. The predicted octanol–water partition coefficient (Wildman–Crippen LogP) is 3.95. The Morgan fingerprint density at radius 2 is 1.42 bits per heavy atom. The van der Waals surface area contributed by atoms with Crippen LogP contribution in [0.3, 0.4) is 0 Å². The van der Waals surface area contributed by atoms with Gasteiger partial charge >= 0.3 is 5.97 Å². The lowest BCUT2D eigenvalue weighted by atomic mass is 10.1. The Morgan fingerprint density at radius 1 is 0.923 bits per heavy atom. The first-order chi connectivity index (χ1) is 12.6. The van der Waals surface area contributed by atoms with E-state index in [-0.39, 0.29) is 25.0 Å². The number of unbranched alkanes of at least 4 members (excludes halogenated alkanes) is 11. The van der Waals surface area contributed by atoms with Gasteiger partial charge in [0.1, 0.15) is 0 Å². The molecule has 156 valence electrons. The van der Waals surface area contributed by atoms with Crippen molar-refractivity contribution in [3.05, 3.63) is 0 Å². The second-order valence-corrected chi connectivity index (χ2v) is 7.34. The third-order valence-corrected chi connectivity index (χ3v) is 4.78. The summed E-state index contributed by atoms with van der Waals surface area (Å²) in [5.74, 6) is -0.220. The number of aliphatic hydroxyl groups excluding tert-OH is 2. The third-order valence-electron chi connectivity index (χ3n) is 4.78. The fraction of sp³-hybridized carbons (Fsp3) is 0.952. The molecule has 0 amide bonds. The number of carbonyl (C=O) groups is 1.